The van der Waals surface area contributed by atoms with Crippen molar-refractivity contribution in [1.29, 1.82) is 0 Å². The molecule has 0 spiro atoms. The molecule has 2 aliphatic rings. The maximum absolute atomic E-state index is 12.8. The van der Waals surface area contributed by atoms with E-state index < -0.39 is 0 Å². The molecule has 0 radical (unpaired) electrons. The van der Waals surface area contributed by atoms with Crippen LogP contribution in [-0.4, -0.2) is 70.8 Å². The molecule has 0 bridgehead atoms. The van der Waals surface area contributed by atoms with Crippen molar-refractivity contribution in [3.8, 4) is 22.9 Å². The number of rotatable bonds is 10. The predicted molar refractivity (Wildman–Crippen MR) is 144 cm³/mol. The number of carbonyl (C=O) groups is 1. The number of nitrogens with one attached hydrogen (secondary N) is 1. The molecular weight excluding hydrogens is 482 g/mol. The van der Waals surface area contributed by atoms with Crippen molar-refractivity contribution in [1.82, 2.24) is 25.0 Å². The number of nitrogens with zero attached hydrogens (tertiary/aromatic N) is 4. The fraction of sp³-hybridized carbons (Fsp3) is 0.448. The van der Waals surface area contributed by atoms with E-state index in [1.165, 1.54) is 24.8 Å². The number of aromatic amines is 1. The van der Waals surface area contributed by atoms with Gasteiger partial charge in [-0.1, -0.05) is 36.8 Å². The van der Waals surface area contributed by atoms with Gasteiger partial charge in [-0.25, -0.2) is 0 Å². The van der Waals surface area contributed by atoms with Crippen LogP contribution in [0.15, 0.2) is 53.3 Å². The number of hydrogen-bond acceptors (Lipinski definition) is 7. The van der Waals surface area contributed by atoms with Crippen molar-refractivity contribution in [3.63, 3.8) is 0 Å². The Labute approximate surface area is 222 Å². The minimum Gasteiger partial charge on any atom is -0.493 e. The molecule has 3 aromatic rings. The summed E-state index contributed by atoms with van der Waals surface area (Å²) in [6.07, 6.45) is 4.17. The molecule has 1 aliphatic heterocycles. The molecule has 1 saturated heterocycles. The SMILES string of the molecule is COc1cc(-c2nnc(CCC(=O)N3CCN(Cc4ccccc4)CC3)c(=O)[nH]2)ccc1OCC1CCC1. The first-order chi connectivity index (χ1) is 18.6. The maximum atomic E-state index is 12.8. The van der Waals surface area contributed by atoms with E-state index in [-0.39, 0.29) is 30.0 Å². The summed E-state index contributed by atoms with van der Waals surface area (Å²) in [5, 5.41) is 8.36. The van der Waals surface area contributed by atoms with Crippen molar-refractivity contribution in [2.45, 2.75) is 38.6 Å². The molecule has 38 heavy (non-hydrogen) atoms. The predicted octanol–water partition coefficient (Wildman–Crippen LogP) is 3.30. The van der Waals surface area contributed by atoms with Crippen LogP contribution in [0.25, 0.3) is 11.4 Å². The van der Waals surface area contributed by atoms with Crippen LogP contribution >= 0.6 is 0 Å². The minimum absolute atomic E-state index is 0.0388. The van der Waals surface area contributed by atoms with E-state index >= 15 is 0 Å². The number of amides is 1. The van der Waals surface area contributed by atoms with Gasteiger partial charge in [0.2, 0.25) is 5.91 Å². The third-order valence-electron chi connectivity index (χ3n) is 7.45. The van der Waals surface area contributed by atoms with Crippen molar-refractivity contribution in [3.05, 3.63) is 70.1 Å². The van der Waals surface area contributed by atoms with E-state index in [0.717, 1.165) is 19.6 Å². The van der Waals surface area contributed by atoms with Gasteiger partial charge in [0.05, 0.1) is 13.7 Å². The first-order valence-corrected chi connectivity index (χ1v) is 13.4. The van der Waals surface area contributed by atoms with Gasteiger partial charge in [0, 0.05) is 51.1 Å². The van der Waals surface area contributed by atoms with E-state index in [2.05, 4.69) is 32.2 Å². The zero-order valence-electron chi connectivity index (χ0n) is 21.9. The van der Waals surface area contributed by atoms with Gasteiger partial charge < -0.3 is 19.4 Å². The van der Waals surface area contributed by atoms with Crippen LogP contribution in [0.4, 0.5) is 0 Å². The Kier molecular flexibility index (Phi) is 8.33. The van der Waals surface area contributed by atoms with Crippen molar-refractivity contribution >= 4 is 5.91 Å². The first kappa shape index (κ1) is 25.9. The van der Waals surface area contributed by atoms with Crippen LogP contribution < -0.4 is 15.0 Å². The molecule has 1 saturated carbocycles. The Hall–Kier alpha value is -3.72. The Bertz CT molecular complexity index is 1280. The highest BCUT2D eigenvalue weighted by atomic mass is 16.5. The molecule has 5 rings (SSSR count). The van der Waals surface area contributed by atoms with Gasteiger partial charge in [0.1, 0.15) is 5.69 Å². The van der Waals surface area contributed by atoms with Crippen LogP contribution in [0.3, 0.4) is 0 Å². The number of carbonyl (C=O) groups excluding carboxylic acids is 1. The van der Waals surface area contributed by atoms with Crippen molar-refractivity contribution in [2.24, 2.45) is 5.92 Å². The Morgan fingerprint density at radius 2 is 1.82 bits per heavy atom. The van der Waals surface area contributed by atoms with Gasteiger partial charge in [0.15, 0.2) is 17.3 Å². The van der Waals surface area contributed by atoms with Crippen LogP contribution in [0.2, 0.25) is 0 Å². The number of methoxy groups -OCH3 is 1. The number of H-pyrrole nitrogens is 1. The molecule has 2 fully saturated rings. The fourth-order valence-corrected chi connectivity index (χ4v) is 4.84. The lowest BCUT2D eigenvalue weighted by Crippen LogP contribution is -2.48. The summed E-state index contributed by atoms with van der Waals surface area (Å²) >= 11 is 0. The summed E-state index contributed by atoms with van der Waals surface area (Å²) < 4.78 is 11.4. The average molecular weight is 518 g/mol. The third-order valence-corrected chi connectivity index (χ3v) is 7.45. The quantitative estimate of drug-likeness (QED) is 0.440. The number of hydrogen-bond donors (Lipinski definition) is 1. The Morgan fingerprint density at radius 1 is 1.03 bits per heavy atom. The lowest BCUT2D eigenvalue weighted by atomic mass is 9.86. The molecule has 0 atom stereocenters. The van der Waals surface area contributed by atoms with Crippen LogP contribution in [0, 0.1) is 5.92 Å². The molecular formula is C29H35N5O4. The molecule has 2 heterocycles. The second kappa shape index (κ2) is 12.2. The van der Waals surface area contributed by atoms with Gasteiger partial charge in [-0.05, 0) is 42.5 Å². The summed E-state index contributed by atoms with van der Waals surface area (Å²) in [6.45, 7) is 4.63. The van der Waals surface area contributed by atoms with Crippen LogP contribution in [-0.2, 0) is 17.8 Å². The fourth-order valence-electron chi connectivity index (χ4n) is 4.84. The van der Waals surface area contributed by atoms with Gasteiger partial charge in [-0.2, -0.15) is 0 Å². The monoisotopic (exact) mass is 517 g/mol. The highest BCUT2D eigenvalue weighted by Gasteiger charge is 2.22. The second-order valence-corrected chi connectivity index (χ2v) is 10.1. The highest BCUT2D eigenvalue weighted by molar-refractivity contribution is 5.76. The summed E-state index contributed by atoms with van der Waals surface area (Å²) in [5.41, 5.74) is 1.88. The lowest BCUT2D eigenvalue weighted by Gasteiger charge is -2.34. The number of aryl methyl sites for hydroxylation is 1. The van der Waals surface area contributed by atoms with Gasteiger partial charge >= 0.3 is 0 Å². The van der Waals surface area contributed by atoms with Gasteiger partial charge in [0.25, 0.3) is 5.56 Å². The van der Waals surface area contributed by atoms with Crippen LogP contribution in [0.1, 0.15) is 36.9 Å². The van der Waals surface area contributed by atoms with E-state index in [4.69, 9.17) is 9.47 Å². The largest absolute Gasteiger partial charge is 0.493 e. The molecule has 200 valence electrons. The van der Waals surface area contributed by atoms with E-state index in [9.17, 15) is 9.59 Å². The van der Waals surface area contributed by atoms with Gasteiger partial charge in [-0.15, -0.1) is 10.2 Å². The highest BCUT2D eigenvalue weighted by Crippen LogP contribution is 2.33. The lowest BCUT2D eigenvalue weighted by molar-refractivity contribution is -0.133. The Morgan fingerprint density at radius 3 is 2.50 bits per heavy atom. The van der Waals surface area contributed by atoms with E-state index in [1.807, 2.05) is 35.2 Å². The molecule has 1 amide bonds. The number of ether oxygens (including phenoxy) is 2. The molecule has 0 unspecified atom stereocenters. The maximum Gasteiger partial charge on any atom is 0.273 e. The van der Waals surface area contributed by atoms with Crippen LogP contribution in [0.5, 0.6) is 11.5 Å². The van der Waals surface area contributed by atoms with Crippen molar-refractivity contribution < 1.29 is 14.3 Å². The summed E-state index contributed by atoms with van der Waals surface area (Å²) in [7, 11) is 1.59. The number of aromatic nitrogens is 3. The Balaban J connectivity index is 1.13. The molecule has 1 aliphatic carbocycles. The number of benzene rings is 2. The normalized spacial score (nSPS) is 16.2. The standard InChI is InChI=1S/C29H35N5O4/c1-37-26-18-23(10-12-25(26)38-20-22-8-5-9-22)28-30-29(36)24(31-32-28)11-13-27(35)34-16-14-33(15-17-34)19-21-6-3-2-4-7-21/h2-4,6-7,10,12,18,22H,5,8-9,11,13-17,19-20H2,1H3,(H,30,32,36). The van der Waals surface area contributed by atoms with E-state index in [1.54, 1.807) is 13.2 Å². The molecule has 1 aromatic heterocycles. The summed E-state index contributed by atoms with van der Waals surface area (Å²) in [4.78, 5) is 32.5. The molecule has 9 heteroatoms. The van der Waals surface area contributed by atoms with Gasteiger partial charge in [-0.3, -0.25) is 14.5 Å². The topological polar surface area (TPSA) is 101 Å². The minimum atomic E-state index is -0.334. The second-order valence-electron chi connectivity index (χ2n) is 10.1. The average Bonchev–Trinajstić information content (AvgIpc) is 2.92. The van der Waals surface area contributed by atoms with Crippen molar-refractivity contribution in [2.75, 3.05) is 39.9 Å². The zero-order valence-corrected chi connectivity index (χ0v) is 21.9. The zero-order chi connectivity index (χ0) is 26.3. The first-order valence-electron chi connectivity index (χ1n) is 13.4. The third kappa shape index (κ3) is 6.39. The summed E-state index contributed by atoms with van der Waals surface area (Å²) in [6, 6.07) is 15.8. The van der Waals surface area contributed by atoms with E-state index in [0.29, 0.717) is 48.5 Å². The molecule has 9 nitrogen and oxygen atoms in total. The number of piperazine rings is 1. The molecule has 1 N–H and O–H groups in total. The summed E-state index contributed by atoms with van der Waals surface area (Å²) in [5.74, 6) is 2.27. The smallest absolute Gasteiger partial charge is 0.273 e. The molecule has 2 aromatic carbocycles.